The van der Waals surface area contributed by atoms with Crippen LogP contribution in [0.25, 0.3) is 0 Å². The molecule has 2 saturated heterocycles. The molecule has 0 bridgehead atoms. The number of hydrogen-bond acceptors (Lipinski definition) is 5. The number of benzene rings is 1. The zero-order valence-corrected chi connectivity index (χ0v) is 18.6. The topological polar surface area (TPSA) is 66.5 Å². The van der Waals surface area contributed by atoms with Gasteiger partial charge in [-0.25, -0.2) is 0 Å². The van der Waals surface area contributed by atoms with E-state index >= 15 is 0 Å². The first-order valence-electron chi connectivity index (χ1n) is 10.2. The normalized spacial score (nSPS) is 19.4. The molecule has 30 heavy (non-hydrogen) atoms. The summed E-state index contributed by atoms with van der Waals surface area (Å²) in [4.78, 5) is 19.0. The SMILES string of the molecule is Cl.Cl.O=C(N[C@@H]1CCNC1)c1cccc(OC2CCN(Cc3ccncc3)CC2)c1. The fourth-order valence-electron chi connectivity index (χ4n) is 3.88. The predicted molar refractivity (Wildman–Crippen MR) is 123 cm³/mol. The number of likely N-dealkylation sites (tertiary alicyclic amines) is 1. The largest absolute Gasteiger partial charge is 0.490 e. The molecule has 4 rings (SSSR count). The summed E-state index contributed by atoms with van der Waals surface area (Å²) in [5.41, 5.74) is 1.96. The maximum absolute atomic E-state index is 12.5. The number of nitrogens with one attached hydrogen (secondary N) is 2. The predicted octanol–water partition coefficient (Wildman–Crippen LogP) is 3.06. The highest BCUT2D eigenvalue weighted by Gasteiger charge is 2.21. The lowest BCUT2D eigenvalue weighted by atomic mass is 10.1. The maximum atomic E-state index is 12.5. The third-order valence-electron chi connectivity index (χ3n) is 5.48. The van der Waals surface area contributed by atoms with Crippen LogP contribution < -0.4 is 15.4 Å². The molecule has 2 N–H and O–H groups in total. The van der Waals surface area contributed by atoms with Crippen molar-refractivity contribution in [3.8, 4) is 5.75 Å². The van der Waals surface area contributed by atoms with Crippen molar-refractivity contribution in [3.63, 3.8) is 0 Å². The Hall–Kier alpha value is -1.86. The number of carbonyl (C=O) groups excluding carboxylic acids is 1. The van der Waals surface area contributed by atoms with Crippen LogP contribution in [0, 0.1) is 0 Å². The van der Waals surface area contributed by atoms with Gasteiger partial charge in [0.05, 0.1) is 0 Å². The van der Waals surface area contributed by atoms with Crippen LogP contribution in [0.2, 0.25) is 0 Å². The summed E-state index contributed by atoms with van der Waals surface area (Å²) in [6.07, 6.45) is 6.87. The number of aromatic nitrogens is 1. The maximum Gasteiger partial charge on any atom is 0.251 e. The lowest BCUT2D eigenvalue weighted by molar-refractivity contribution is 0.0927. The highest BCUT2D eigenvalue weighted by Crippen LogP contribution is 2.21. The van der Waals surface area contributed by atoms with Crippen LogP contribution in [0.1, 0.15) is 35.2 Å². The molecule has 2 aliphatic heterocycles. The van der Waals surface area contributed by atoms with E-state index in [4.69, 9.17) is 4.74 Å². The summed E-state index contributed by atoms with van der Waals surface area (Å²) in [6.45, 7) is 4.80. The van der Waals surface area contributed by atoms with E-state index in [1.165, 1.54) is 5.56 Å². The molecular weight excluding hydrogens is 423 g/mol. The molecule has 2 fully saturated rings. The molecule has 2 aliphatic rings. The molecule has 164 valence electrons. The van der Waals surface area contributed by atoms with Gasteiger partial charge in [-0.2, -0.15) is 0 Å². The van der Waals surface area contributed by atoms with E-state index in [2.05, 4.69) is 32.7 Å². The van der Waals surface area contributed by atoms with Crippen LogP contribution in [-0.2, 0) is 6.54 Å². The Kier molecular flexibility index (Phi) is 9.85. The number of carbonyl (C=O) groups is 1. The van der Waals surface area contributed by atoms with Gasteiger partial charge in [0.1, 0.15) is 11.9 Å². The summed E-state index contributed by atoms with van der Waals surface area (Å²) in [7, 11) is 0. The van der Waals surface area contributed by atoms with E-state index < -0.39 is 0 Å². The first-order valence-corrected chi connectivity index (χ1v) is 10.2. The minimum absolute atomic E-state index is 0. The molecule has 2 aromatic rings. The number of amides is 1. The van der Waals surface area contributed by atoms with Crippen molar-refractivity contribution in [1.29, 1.82) is 0 Å². The lowest BCUT2D eigenvalue weighted by Gasteiger charge is -2.32. The van der Waals surface area contributed by atoms with Gasteiger partial charge < -0.3 is 15.4 Å². The standard InChI is InChI=1S/C22H28N4O2.2ClH/c27-22(25-19-6-11-24-15-19)18-2-1-3-21(14-18)28-20-7-12-26(13-8-20)16-17-4-9-23-10-5-17;;/h1-5,9-10,14,19-20,24H,6-8,11-13,15-16H2,(H,25,27);2*1H/t19-;;/m1../s1. The molecule has 0 unspecified atom stereocenters. The minimum Gasteiger partial charge on any atom is -0.490 e. The lowest BCUT2D eigenvalue weighted by Crippen LogP contribution is -2.38. The Labute approximate surface area is 190 Å². The quantitative estimate of drug-likeness (QED) is 0.704. The van der Waals surface area contributed by atoms with E-state index in [0.29, 0.717) is 5.56 Å². The van der Waals surface area contributed by atoms with Gasteiger partial charge >= 0.3 is 0 Å². The molecule has 0 aliphatic carbocycles. The second-order valence-electron chi connectivity index (χ2n) is 7.64. The number of pyridine rings is 1. The number of piperidine rings is 1. The van der Waals surface area contributed by atoms with Gasteiger partial charge in [0, 0.05) is 50.2 Å². The van der Waals surface area contributed by atoms with Gasteiger partial charge in [-0.1, -0.05) is 6.07 Å². The Morgan fingerprint density at radius 3 is 2.60 bits per heavy atom. The molecule has 8 heteroatoms. The first-order chi connectivity index (χ1) is 13.8. The van der Waals surface area contributed by atoms with E-state index in [1.807, 2.05) is 36.7 Å². The number of nitrogens with zero attached hydrogens (tertiary/aromatic N) is 2. The highest BCUT2D eigenvalue weighted by atomic mass is 35.5. The van der Waals surface area contributed by atoms with Gasteiger partial charge in [0.2, 0.25) is 0 Å². The van der Waals surface area contributed by atoms with Crippen molar-refractivity contribution < 1.29 is 9.53 Å². The van der Waals surface area contributed by atoms with Crippen LogP contribution in [0.5, 0.6) is 5.75 Å². The third kappa shape index (κ3) is 6.84. The van der Waals surface area contributed by atoms with Crippen molar-refractivity contribution in [2.75, 3.05) is 26.2 Å². The summed E-state index contributed by atoms with van der Waals surface area (Å²) in [6, 6.07) is 11.9. The fourth-order valence-corrected chi connectivity index (χ4v) is 3.88. The van der Waals surface area contributed by atoms with Gasteiger partial charge in [-0.3, -0.25) is 14.7 Å². The van der Waals surface area contributed by atoms with Crippen molar-refractivity contribution in [1.82, 2.24) is 20.5 Å². The average Bonchev–Trinajstić information content (AvgIpc) is 3.23. The molecule has 0 radical (unpaired) electrons. The molecule has 3 heterocycles. The molecule has 1 aromatic carbocycles. The molecule has 1 aromatic heterocycles. The Bertz CT molecular complexity index is 780. The summed E-state index contributed by atoms with van der Waals surface area (Å²) >= 11 is 0. The Morgan fingerprint density at radius 1 is 1.13 bits per heavy atom. The monoisotopic (exact) mass is 452 g/mol. The molecule has 0 spiro atoms. The first kappa shape index (κ1) is 24.4. The number of halogens is 2. The Balaban J connectivity index is 0.00000160. The van der Waals surface area contributed by atoms with Gasteiger partial charge in [-0.15, -0.1) is 24.8 Å². The molecule has 1 atom stereocenters. The fraction of sp³-hybridized carbons (Fsp3) is 0.455. The van der Waals surface area contributed by atoms with Crippen LogP contribution in [0.15, 0.2) is 48.8 Å². The second-order valence-corrected chi connectivity index (χ2v) is 7.64. The second kappa shape index (κ2) is 12.1. The van der Waals surface area contributed by atoms with Gasteiger partial charge in [0.25, 0.3) is 5.91 Å². The Morgan fingerprint density at radius 2 is 1.90 bits per heavy atom. The van der Waals surface area contributed by atoms with E-state index in [9.17, 15) is 4.79 Å². The van der Waals surface area contributed by atoms with Crippen LogP contribution in [0.4, 0.5) is 0 Å². The smallest absolute Gasteiger partial charge is 0.251 e. The zero-order valence-electron chi connectivity index (χ0n) is 17.0. The van der Waals surface area contributed by atoms with Gasteiger partial charge in [0.15, 0.2) is 0 Å². The summed E-state index contributed by atoms with van der Waals surface area (Å²) in [5, 5.41) is 6.35. The zero-order chi connectivity index (χ0) is 19.2. The van der Waals surface area contributed by atoms with Crippen molar-refractivity contribution in [2.45, 2.75) is 38.0 Å². The third-order valence-corrected chi connectivity index (χ3v) is 5.48. The minimum atomic E-state index is -0.0219. The van der Waals surface area contributed by atoms with Crippen molar-refractivity contribution in [2.24, 2.45) is 0 Å². The molecule has 6 nitrogen and oxygen atoms in total. The van der Waals surface area contributed by atoms with Crippen molar-refractivity contribution >= 4 is 30.7 Å². The molecule has 0 saturated carbocycles. The van der Waals surface area contributed by atoms with E-state index in [1.54, 1.807) is 0 Å². The molecular formula is C22H30Cl2N4O2. The summed E-state index contributed by atoms with van der Waals surface area (Å²) < 4.78 is 6.19. The van der Waals surface area contributed by atoms with Crippen LogP contribution in [0.3, 0.4) is 0 Å². The summed E-state index contributed by atoms with van der Waals surface area (Å²) in [5.74, 6) is 0.760. The highest BCUT2D eigenvalue weighted by molar-refractivity contribution is 5.94. The van der Waals surface area contributed by atoms with Crippen LogP contribution in [-0.4, -0.2) is 54.1 Å². The number of hydrogen-bond donors (Lipinski definition) is 2. The average molecular weight is 453 g/mol. The molecule has 1 amide bonds. The van der Waals surface area contributed by atoms with Crippen molar-refractivity contribution in [3.05, 3.63) is 59.9 Å². The van der Waals surface area contributed by atoms with Crippen LogP contribution >= 0.6 is 24.8 Å². The van der Waals surface area contributed by atoms with E-state index in [0.717, 1.165) is 57.7 Å². The number of rotatable bonds is 6. The van der Waals surface area contributed by atoms with E-state index in [-0.39, 0.29) is 42.9 Å². The van der Waals surface area contributed by atoms with Gasteiger partial charge in [-0.05, 0) is 61.7 Å². The number of ether oxygens (including phenoxy) is 1.